The van der Waals surface area contributed by atoms with Gasteiger partial charge >= 0.3 is 5.97 Å². The van der Waals surface area contributed by atoms with Gasteiger partial charge in [0.25, 0.3) is 0 Å². The Morgan fingerprint density at radius 3 is 1.83 bits per heavy atom. The molecule has 1 aromatic rings. The standard InChI is InChI=1S/C25H39N9O7/c26-15(8-10-19(27)35)21(37)34-18(13-14-5-2-1-3-6-14)23(39)32-16(9-11-20(28)36)22(38)33-17(24(40)41)7-4-12-31-25(29)30/h1-3,5-6,15-18H,4,7-13,26H2,(H2,27,35)(H2,28,36)(H,32,39)(H,33,38)(H,34,37)(H,40,41)(H4,29,30,31). The van der Waals surface area contributed by atoms with Gasteiger partial charge in [-0.2, -0.15) is 0 Å². The van der Waals surface area contributed by atoms with E-state index in [1.165, 1.54) is 0 Å². The summed E-state index contributed by atoms with van der Waals surface area (Å²) < 4.78 is 0. The van der Waals surface area contributed by atoms with Crippen LogP contribution in [0.1, 0.15) is 44.1 Å². The van der Waals surface area contributed by atoms with Gasteiger partial charge in [0.2, 0.25) is 29.5 Å². The fourth-order valence-electron chi connectivity index (χ4n) is 3.63. The molecule has 41 heavy (non-hydrogen) atoms. The maximum absolute atomic E-state index is 13.3. The zero-order valence-corrected chi connectivity index (χ0v) is 22.6. The minimum absolute atomic E-state index is 0.00759. The molecular formula is C25H39N9O7. The number of aliphatic carboxylic acids is 1. The van der Waals surface area contributed by atoms with Crippen molar-refractivity contribution in [3.63, 3.8) is 0 Å². The Morgan fingerprint density at radius 1 is 0.732 bits per heavy atom. The van der Waals surface area contributed by atoms with Gasteiger partial charge in [0.05, 0.1) is 6.04 Å². The lowest BCUT2D eigenvalue weighted by Gasteiger charge is -2.25. The molecule has 0 heterocycles. The van der Waals surface area contributed by atoms with Gasteiger partial charge in [-0.25, -0.2) is 4.79 Å². The first-order valence-corrected chi connectivity index (χ1v) is 12.9. The Balaban J connectivity index is 3.09. The number of guanidine groups is 1. The van der Waals surface area contributed by atoms with Crippen molar-refractivity contribution in [2.75, 3.05) is 6.54 Å². The van der Waals surface area contributed by atoms with Crippen molar-refractivity contribution in [2.45, 2.75) is 69.1 Å². The van der Waals surface area contributed by atoms with E-state index in [0.29, 0.717) is 5.56 Å². The number of hydrogen-bond donors (Lipinski definition) is 9. The Morgan fingerprint density at radius 2 is 1.27 bits per heavy atom. The van der Waals surface area contributed by atoms with Crippen LogP contribution in [-0.4, -0.2) is 77.3 Å². The maximum atomic E-state index is 13.3. The summed E-state index contributed by atoms with van der Waals surface area (Å²) >= 11 is 0. The number of nitrogens with zero attached hydrogens (tertiary/aromatic N) is 1. The summed E-state index contributed by atoms with van der Waals surface area (Å²) in [5.41, 5.74) is 27.4. The van der Waals surface area contributed by atoms with Crippen LogP contribution >= 0.6 is 0 Å². The van der Waals surface area contributed by atoms with Gasteiger partial charge in [0, 0.05) is 25.8 Å². The van der Waals surface area contributed by atoms with Crippen LogP contribution in [0.25, 0.3) is 0 Å². The summed E-state index contributed by atoms with van der Waals surface area (Å²) in [7, 11) is 0. The number of nitrogens with two attached hydrogens (primary N) is 5. The molecule has 0 aliphatic heterocycles. The predicted molar refractivity (Wildman–Crippen MR) is 148 cm³/mol. The predicted octanol–water partition coefficient (Wildman–Crippen LogP) is -3.32. The molecule has 0 radical (unpaired) electrons. The third-order valence-corrected chi connectivity index (χ3v) is 5.83. The van der Waals surface area contributed by atoms with E-state index < -0.39 is 59.7 Å². The highest BCUT2D eigenvalue weighted by molar-refractivity contribution is 5.94. The van der Waals surface area contributed by atoms with Gasteiger partial charge in [0.15, 0.2) is 5.96 Å². The number of carbonyl (C=O) groups excluding carboxylic acids is 5. The quantitative estimate of drug-likeness (QED) is 0.0447. The van der Waals surface area contributed by atoms with Crippen LogP contribution in [0.4, 0.5) is 0 Å². The van der Waals surface area contributed by atoms with Crippen LogP contribution in [0.3, 0.4) is 0 Å². The highest BCUT2D eigenvalue weighted by Crippen LogP contribution is 2.08. The monoisotopic (exact) mass is 577 g/mol. The first-order valence-electron chi connectivity index (χ1n) is 12.9. The van der Waals surface area contributed by atoms with Crippen molar-refractivity contribution in [1.29, 1.82) is 0 Å². The molecule has 14 N–H and O–H groups in total. The topological polar surface area (TPSA) is 301 Å². The van der Waals surface area contributed by atoms with E-state index in [-0.39, 0.29) is 57.5 Å². The number of primary amides is 2. The number of carbonyl (C=O) groups is 6. The van der Waals surface area contributed by atoms with E-state index in [1.54, 1.807) is 30.3 Å². The molecule has 1 aromatic carbocycles. The van der Waals surface area contributed by atoms with Gasteiger partial charge in [-0.1, -0.05) is 30.3 Å². The Kier molecular flexibility index (Phi) is 14.9. The number of carboxylic acids is 1. The van der Waals surface area contributed by atoms with Gasteiger partial charge < -0.3 is 49.7 Å². The Labute approximate surface area is 236 Å². The van der Waals surface area contributed by atoms with Crippen LogP contribution in [0.5, 0.6) is 0 Å². The number of rotatable bonds is 19. The number of aliphatic imine (C=N–C) groups is 1. The third-order valence-electron chi connectivity index (χ3n) is 5.83. The van der Waals surface area contributed by atoms with E-state index in [9.17, 15) is 33.9 Å². The highest BCUT2D eigenvalue weighted by Gasteiger charge is 2.30. The zero-order valence-electron chi connectivity index (χ0n) is 22.6. The fourth-order valence-corrected chi connectivity index (χ4v) is 3.63. The molecule has 0 bridgehead atoms. The summed E-state index contributed by atoms with van der Waals surface area (Å²) in [5.74, 6) is -5.30. The Bertz CT molecular complexity index is 1090. The van der Waals surface area contributed by atoms with Crippen molar-refractivity contribution >= 4 is 41.5 Å². The molecular weight excluding hydrogens is 538 g/mol. The van der Waals surface area contributed by atoms with Crippen molar-refractivity contribution in [1.82, 2.24) is 16.0 Å². The molecule has 0 aromatic heterocycles. The molecule has 0 saturated carbocycles. The second-order valence-electron chi connectivity index (χ2n) is 9.28. The van der Waals surface area contributed by atoms with Crippen molar-refractivity contribution < 1.29 is 33.9 Å². The van der Waals surface area contributed by atoms with E-state index in [1.807, 2.05) is 0 Å². The lowest BCUT2D eigenvalue weighted by Crippen LogP contribution is -2.57. The number of hydrogen-bond acceptors (Lipinski definition) is 8. The van der Waals surface area contributed by atoms with Crippen LogP contribution in [-0.2, 0) is 35.2 Å². The highest BCUT2D eigenvalue weighted by atomic mass is 16.4. The number of amides is 5. The second-order valence-corrected chi connectivity index (χ2v) is 9.28. The van der Waals surface area contributed by atoms with E-state index >= 15 is 0 Å². The molecule has 0 saturated heterocycles. The van der Waals surface area contributed by atoms with Crippen LogP contribution in [0.15, 0.2) is 35.3 Å². The van der Waals surface area contributed by atoms with Gasteiger partial charge in [-0.15, -0.1) is 0 Å². The Hall–Kier alpha value is -4.73. The molecule has 5 amide bonds. The first-order chi connectivity index (χ1) is 19.3. The smallest absolute Gasteiger partial charge is 0.326 e. The van der Waals surface area contributed by atoms with E-state index in [0.717, 1.165) is 0 Å². The first kappa shape index (κ1) is 34.3. The summed E-state index contributed by atoms with van der Waals surface area (Å²) in [6.07, 6.45) is -0.515. The molecule has 1 rings (SSSR count). The number of nitrogens with one attached hydrogen (secondary N) is 3. The lowest BCUT2D eigenvalue weighted by atomic mass is 10.0. The van der Waals surface area contributed by atoms with Gasteiger partial charge in [-0.3, -0.25) is 29.0 Å². The third kappa shape index (κ3) is 14.3. The van der Waals surface area contributed by atoms with Gasteiger partial charge in [0.1, 0.15) is 18.1 Å². The average molecular weight is 578 g/mol. The summed E-state index contributed by atoms with van der Waals surface area (Å²) in [4.78, 5) is 77.0. The maximum Gasteiger partial charge on any atom is 0.326 e. The lowest BCUT2D eigenvalue weighted by molar-refractivity contribution is -0.142. The molecule has 4 atom stereocenters. The minimum Gasteiger partial charge on any atom is -0.480 e. The molecule has 0 aliphatic carbocycles. The van der Waals surface area contributed by atoms with Crippen molar-refractivity contribution in [3.05, 3.63) is 35.9 Å². The molecule has 16 heteroatoms. The fraction of sp³-hybridized carbons (Fsp3) is 0.480. The second kappa shape index (κ2) is 17.8. The van der Waals surface area contributed by atoms with E-state index in [4.69, 9.17) is 28.7 Å². The minimum atomic E-state index is -1.37. The molecule has 0 aliphatic rings. The largest absolute Gasteiger partial charge is 0.480 e. The number of carboxylic acid groups (broad SMARTS) is 1. The average Bonchev–Trinajstić information content (AvgIpc) is 2.90. The molecule has 226 valence electrons. The van der Waals surface area contributed by atoms with Crippen LogP contribution in [0.2, 0.25) is 0 Å². The van der Waals surface area contributed by atoms with Crippen LogP contribution in [0, 0.1) is 0 Å². The molecule has 0 fully saturated rings. The van der Waals surface area contributed by atoms with Crippen molar-refractivity contribution in [3.8, 4) is 0 Å². The van der Waals surface area contributed by atoms with Crippen molar-refractivity contribution in [2.24, 2.45) is 33.7 Å². The van der Waals surface area contributed by atoms with Crippen LogP contribution < -0.4 is 44.6 Å². The SMILES string of the molecule is NC(=O)CCC(N)C(=O)NC(Cc1ccccc1)C(=O)NC(CCC(N)=O)C(=O)NC(CCCN=C(N)N)C(=O)O. The zero-order chi connectivity index (χ0) is 30.9. The normalized spacial score (nSPS) is 13.5. The summed E-state index contributed by atoms with van der Waals surface area (Å²) in [6, 6.07) is 3.59. The van der Waals surface area contributed by atoms with Gasteiger partial charge in [-0.05, 0) is 31.2 Å². The van der Waals surface area contributed by atoms with E-state index in [2.05, 4.69) is 20.9 Å². The molecule has 0 spiro atoms. The summed E-state index contributed by atoms with van der Waals surface area (Å²) in [6.45, 7) is 0.131. The molecule has 4 unspecified atom stereocenters. The summed E-state index contributed by atoms with van der Waals surface area (Å²) in [5, 5.41) is 16.9. The molecule has 16 nitrogen and oxygen atoms in total. The number of benzene rings is 1.